The lowest BCUT2D eigenvalue weighted by molar-refractivity contribution is 0.558. The molecule has 0 heterocycles. The van der Waals surface area contributed by atoms with Crippen molar-refractivity contribution in [3.63, 3.8) is 0 Å². The first-order chi connectivity index (χ1) is 7.15. The normalized spacial score (nSPS) is 11.7. The smallest absolute Gasteiger partial charge is 0.124 e. The topological polar surface area (TPSA) is 26.0 Å². The van der Waals surface area contributed by atoms with Crippen LogP contribution in [0.5, 0.6) is 0 Å². The Balaban J connectivity index is 2.82. The third-order valence-electron chi connectivity index (χ3n) is 2.79. The molecular weight excluding hydrogens is 209 g/mol. The highest BCUT2D eigenvalue weighted by atomic mass is 32.2. The van der Waals surface area contributed by atoms with E-state index in [1.807, 2.05) is 6.07 Å². The summed E-state index contributed by atoms with van der Waals surface area (Å²) in [6.45, 7) is 4.88. The fourth-order valence-corrected chi connectivity index (χ4v) is 2.70. The lowest BCUT2D eigenvalue weighted by atomic mass is 10.0. The molecule has 0 saturated heterocycles. The molecule has 0 aliphatic carbocycles. The molecule has 0 spiro atoms. The molecule has 0 bridgehead atoms. The number of hydrogen-bond acceptors (Lipinski definition) is 2. The van der Waals surface area contributed by atoms with Gasteiger partial charge < -0.3 is 5.73 Å². The van der Waals surface area contributed by atoms with Crippen molar-refractivity contribution in [2.75, 3.05) is 6.54 Å². The van der Waals surface area contributed by atoms with E-state index >= 15 is 0 Å². The van der Waals surface area contributed by atoms with Gasteiger partial charge in [0.2, 0.25) is 0 Å². The Hall–Kier alpha value is -0.540. The first kappa shape index (κ1) is 12.5. The number of halogens is 1. The summed E-state index contributed by atoms with van der Waals surface area (Å²) in [7, 11) is 0. The monoisotopic (exact) mass is 227 g/mol. The Bertz CT molecular complexity index is 302. The number of benzene rings is 1. The summed E-state index contributed by atoms with van der Waals surface area (Å²) in [5, 5.41) is 0. The van der Waals surface area contributed by atoms with Crippen LogP contribution in [0.15, 0.2) is 29.2 Å². The van der Waals surface area contributed by atoms with Gasteiger partial charge in [-0.3, -0.25) is 0 Å². The van der Waals surface area contributed by atoms with Crippen LogP contribution >= 0.6 is 11.8 Å². The van der Waals surface area contributed by atoms with E-state index in [4.69, 9.17) is 5.73 Å². The number of hydrogen-bond donors (Lipinski definition) is 1. The first-order valence-corrected chi connectivity index (χ1v) is 6.12. The predicted molar refractivity (Wildman–Crippen MR) is 64.6 cm³/mol. The molecule has 0 aliphatic rings. The standard InChI is InChI=1S/C12H18FNS/c1-3-12(4-2,9-14)15-11-7-5-6-10(13)8-11/h5-8H,3-4,9,14H2,1-2H3. The van der Waals surface area contributed by atoms with Gasteiger partial charge in [-0.25, -0.2) is 4.39 Å². The van der Waals surface area contributed by atoms with Crippen molar-refractivity contribution in [2.45, 2.75) is 36.3 Å². The molecule has 84 valence electrons. The minimum absolute atomic E-state index is 0.0494. The van der Waals surface area contributed by atoms with E-state index in [0.29, 0.717) is 6.54 Å². The average Bonchev–Trinajstić information content (AvgIpc) is 2.26. The maximum absolute atomic E-state index is 13.0. The molecule has 1 rings (SSSR count). The van der Waals surface area contributed by atoms with Crippen LogP contribution in [0.1, 0.15) is 26.7 Å². The van der Waals surface area contributed by atoms with Crippen LogP contribution in [-0.4, -0.2) is 11.3 Å². The highest BCUT2D eigenvalue weighted by Crippen LogP contribution is 2.37. The molecule has 1 nitrogen and oxygen atoms in total. The van der Waals surface area contributed by atoms with Gasteiger partial charge in [0.15, 0.2) is 0 Å². The van der Waals surface area contributed by atoms with Gasteiger partial charge >= 0.3 is 0 Å². The van der Waals surface area contributed by atoms with Gasteiger partial charge in [-0.1, -0.05) is 19.9 Å². The molecule has 15 heavy (non-hydrogen) atoms. The van der Waals surface area contributed by atoms with Crippen molar-refractivity contribution in [2.24, 2.45) is 5.73 Å². The van der Waals surface area contributed by atoms with Crippen LogP contribution in [-0.2, 0) is 0 Å². The summed E-state index contributed by atoms with van der Waals surface area (Å²) in [5.41, 5.74) is 5.80. The van der Waals surface area contributed by atoms with E-state index in [0.717, 1.165) is 17.7 Å². The van der Waals surface area contributed by atoms with Crippen molar-refractivity contribution < 1.29 is 4.39 Å². The SMILES string of the molecule is CCC(CC)(CN)Sc1cccc(F)c1. The first-order valence-electron chi connectivity index (χ1n) is 5.30. The van der Waals surface area contributed by atoms with E-state index in [1.165, 1.54) is 6.07 Å². The van der Waals surface area contributed by atoms with Crippen LogP contribution in [0, 0.1) is 5.82 Å². The molecule has 1 aromatic carbocycles. The van der Waals surface area contributed by atoms with E-state index < -0.39 is 0 Å². The number of rotatable bonds is 5. The summed E-state index contributed by atoms with van der Waals surface area (Å²) < 4.78 is 13.1. The van der Waals surface area contributed by atoms with Gasteiger partial charge in [0.1, 0.15) is 5.82 Å². The van der Waals surface area contributed by atoms with E-state index in [-0.39, 0.29) is 10.6 Å². The van der Waals surface area contributed by atoms with E-state index in [2.05, 4.69) is 13.8 Å². The van der Waals surface area contributed by atoms with Crippen LogP contribution in [0.25, 0.3) is 0 Å². The predicted octanol–water partition coefficient (Wildman–Crippen LogP) is 3.44. The summed E-state index contributed by atoms with van der Waals surface area (Å²) in [6, 6.07) is 6.71. The minimum atomic E-state index is -0.182. The van der Waals surface area contributed by atoms with Crippen molar-refractivity contribution in [3.8, 4) is 0 Å². The van der Waals surface area contributed by atoms with Crippen molar-refractivity contribution in [1.29, 1.82) is 0 Å². The van der Waals surface area contributed by atoms with Crippen LogP contribution < -0.4 is 5.73 Å². The third-order valence-corrected chi connectivity index (χ3v) is 4.46. The Morgan fingerprint density at radius 1 is 1.33 bits per heavy atom. The van der Waals surface area contributed by atoms with Gasteiger partial charge in [0, 0.05) is 16.2 Å². The fourth-order valence-electron chi connectivity index (χ4n) is 1.51. The number of nitrogens with two attached hydrogens (primary N) is 1. The molecule has 3 heteroatoms. The quantitative estimate of drug-likeness (QED) is 0.780. The zero-order valence-corrected chi connectivity index (χ0v) is 10.1. The molecule has 0 aromatic heterocycles. The second kappa shape index (κ2) is 5.52. The van der Waals surface area contributed by atoms with Crippen molar-refractivity contribution in [1.82, 2.24) is 0 Å². The summed E-state index contributed by atoms with van der Waals surface area (Å²) >= 11 is 1.69. The largest absolute Gasteiger partial charge is 0.329 e. The second-order valence-corrected chi connectivity index (χ2v) is 5.20. The number of thioether (sulfide) groups is 1. The van der Waals surface area contributed by atoms with Gasteiger partial charge in [0.25, 0.3) is 0 Å². The highest BCUT2D eigenvalue weighted by molar-refractivity contribution is 8.00. The molecule has 0 amide bonds. The van der Waals surface area contributed by atoms with Crippen LogP contribution in [0.3, 0.4) is 0 Å². The second-order valence-electron chi connectivity index (χ2n) is 3.65. The molecular formula is C12H18FNS. The van der Waals surface area contributed by atoms with Gasteiger partial charge in [0.05, 0.1) is 0 Å². The maximum Gasteiger partial charge on any atom is 0.124 e. The molecule has 0 unspecified atom stereocenters. The summed E-state index contributed by atoms with van der Waals surface area (Å²) in [5.74, 6) is -0.182. The van der Waals surface area contributed by atoms with Crippen LogP contribution in [0.4, 0.5) is 4.39 Å². The molecule has 0 atom stereocenters. The van der Waals surface area contributed by atoms with Gasteiger partial charge in [-0.2, -0.15) is 0 Å². The van der Waals surface area contributed by atoms with E-state index in [9.17, 15) is 4.39 Å². The summed E-state index contributed by atoms with van der Waals surface area (Å²) in [4.78, 5) is 0.962. The zero-order valence-electron chi connectivity index (χ0n) is 9.29. The average molecular weight is 227 g/mol. The molecule has 1 aromatic rings. The zero-order chi connectivity index (χ0) is 11.3. The van der Waals surface area contributed by atoms with Gasteiger partial charge in [-0.15, -0.1) is 11.8 Å². The summed E-state index contributed by atoms with van der Waals surface area (Å²) in [6.07, 6.45) is 2.00. The van der Waals surface area contributed by atoms with E-state index in [1.54, 1.807) is 23.9 Å². The molecule has 2 N–H and O–H groups in total. The molecule has 0 fully saturated rings. The minimum Gasteiger partial charge on any atom is -0.329 e. The highest BCUT2D eigenvalue weighted by Gasteiger charge is 2.25. The maximum atomic E-state index is 13.0. The molecule has 0 saturated carbocycles. The van der Waals surface area contributed by atoms with Crippen molar-refractivity contribution in [3.05, 3.63) is 30.1 Å². The Kier molecular flexibility index (Phi) is 4.61. The third kappa shape index (κ3) is 3.21. The van der Waals surface area contributed by atoms with Crippen LogP contribution in [0.2, 0.25) is 0 Å². The lowest BCUT2D eigenvalue weighted by Crippen LogP contribution is -2.32. The Labute approximate surface area is 95.2 Å². The Morgan fingerprint density at radius 3 is 2.47 bits per heavy atom. The van der Waals surface area contributed by atoms with Crippen molar-refractivity contribution >= 4 is 11.8 Å². The Morgan fingerprint density at radius 2 is 2.00 bits per heavy atom. The molecule has 0 aliphatic heterocycles. The van der Waals surface area contributed by atoms with Gasteiger partial charge in [-0.05, 0) is 31.0 Å². The molecule has 0 radical (unpaired) electrons. The lowest BCUT2D eigenvalue weighted by Gasteiger charge is -2.29. The fraction of sp³-hybridized carbons (Fsp3) is 0.500.